The highest BCUT2D eigenvalue weighted by molar-refractivity contribution is 6.36. The third kappa shape index (κ3) is 4.23. The molecule has 0 aromatic heterocycles. The van der Waals surface area contributed by atoms with Gasteiger partial charge < -0.3 is 0 Å². The van der Waals surface area contributed by atoms with Gasteiger partial charge in [-0.25, -0.2) is 0 Å². The molecule has 0 radical (unpaired) electrons. The van der Waals surface area contributed by atoms with Gasteiger partial charge in [-0.3, -0.25) is 14.7 Å². The maximum absolute atomic E-state index is 13.8. The zero-order valence-electron chi connectivity index (χ0n) is 18.3. The van der Waals surface area contributed by atoms with Crippen molar-refractivity contribution in [3.63, 3.8) is 0 Å². The molecule has 2 fully saturated rings. The van der Waals surface area contributed by atoms with Gasteiger partial charge >= 0.3 is 0 Å². The second kappa shape index (κ2) is 9.21. The lowest BCUT2D eigenvalue weighted by molar-refractivity contribution is 0.0773. The van der Waals surface area contributed by atoms with Crippen LogP contribution in [0.5, 0.6) is 0 Å². The molecule has 0 atom stereocenters. The van der Waals surface area contributed by atoms with Crippen LogP contribution in [0.4, 0.5) is 0 Å². The Kier molecular flexibility index (Phi) is 6.01. The molecule has 5 rings (SSSR count). The zero-order chi connectivity index (χ0) is 21.0. The normalized spacial score (nSPS) is 23.4. The fourth-order valence-electron chi connectivity index (χ4n) is 5.43. The van der Waals surface area contributed by atoms with E-state index in [4.69, 9.17) is 4.99 Å². The minimum absolute atomic E-state index is 0.141. The highest BCUT2D eigenvalue weighted by Crippen LogP contribution is 2.36. The number of amides is 1. The number of amidine groups is 1. The highest BCUT2D eigenvalue weighted by Gasteiger charge is 2.38. The molecule has 0 N–H and O–H groups in total. The Hall–Kier alpha value is -2.68. The van der Waals surface area contributed by atoms with Crippen LogP contribution in [0.3, 0.4) is 0 Å². The molecule has 1 amide bonds. The predicted molar refractivity (Wildman–Crippen MR) is 128 cm³/mol. The van der Waals surface area contributed by atoms with E-state index in [2.05, 4.69) is 41.3 Å². The Morgan fingerprint density at radius 3 is 2.06 bits per heavy atom. The molecule has 160 valence electrons. The summed E-state index contributed by atoms with van der Waals surface area (Å²) in [5, 5.41) is 0. The molecular weight excluding hydrogens is 380 g/mol. The molecule has 2 aromatic rings. The Morgan fingerprint density at radius 1 is 0.742 bits per heavy atom. The van der Waals surface area contributed by atoms with Gasteiger partial charge in [0, 0.05) is 17.2 Å². The molecule has 2 saturated carbocycles. The summed E-state index contributed by atoms with van der Waals surface area (Å²) in [6, 6.07) is 19.2. The third-order valence-corrected chi connectivity index (χ3v) is 7.07. The second-order valence-corrected chi connectivity index (χ2v) is 9.23. The minimum atomic E-state index is 0.141. The molecule has 2 aliphatic carbocycles. The molecule has 3 nitrogen and oxygen atoms in total. The van der Waals surface area contributed by atoms with E-state index in [1.54, 1.807) is 0 Å². The van der Waals surface area contributed by atoms with E-state index < -0.39 is 0 Å². The monoisotopic (exact) mass is 412 g/mol. The van der Waals surface area contributed by atoms with E-state index in [0.29, 0.717) is 6.04 Å². The number of rotatable bonds is 3. The van der Waals surface area contributed by atoms with Crippen molar-refractivity contribution in [2.24, 2.45) is 4.99 Å². The number of carbonyl (C=O) groups excluding carboxylic acids is 1. The van der Waals surface area contributed by atoms with Gasteiger partial charge in [0.2, 0.25) is 0 Å². The number of carbonyl (C=O) groups is 1. The van der Waals surface area contributed by atoms with Gasteiger partial charge in [-0.2, -0.15) is 0 Å². The van der Waals surface area contributed by atoms with Crippen molar-refractivity contribution in [2.75, 3.05) is 0 Å². The number of fused-ring (bicyclic) bond motifs is 1. The van der Waals surface area contributed by atoms with Gasteiger partial charge in [-0.05, 0) is 49.0 Å². The summed E-state index contributed by atoms with van der Waals surface area (Å²) in [6.07, 6.45) is 14.1. The van der Waals surface area contributed by atoms with Crippen LogP contribution in [0.2, 0.25) is 0 Å². The average molecular weight is 413 g/mol. The van der Waals surface area contributed by atoms with Crippen LogP contribution in [0.15, 0.2) is 59.6 Å². The standard InChI is InChI=1S/C28H32N2O/c31-28-25-19-11-10-18-24(25)26(20-21-12-4-1-5-13-21)27(29-22-14-6-2-7-15-22)30(28)23-16-8-3-9-17-23/h1,4-5,10-13,18-20,22-23H,2-3,6-9,14-17H2/b26-20+,29-27?. The zero-order valence-corrected chi connectivity index (χ0v) is 18.3. The first kappa shape index (κ1) is 20.2. The maximum atomic E-state index is 13.8. The first-order valence-corrected chi connectivity index (χ1v) is 12.1. The topological polar surface area (TPSA) is 32.7 Å². The van der Waals surface area contributed by atoms with Crippen molar-refractivity contribution >= 4 is 23.4 Å². The molecular formula is C28H32N2O. The molecule has 3 heteroatoms. The van der Waals surface area contributed by atoms with E-state index >= 15 is 0 Å². The number of hydrogen-bond donors (Lipinski definition) is 0. The van der Waals surface area contributed by atoms with Gasteiger partial charge in [0.1, 0.15) is 5.84 Å². The molecule has 0 saturated heterocycles. The van der Waals surface area contributed by atoms with Gasteiger partial charge in [0.25, 0.3) is 5.91 Å². The Morgan fingerprint density at radius 2 is 1.35 bits per heavy atom. The number of benzene rings is 2. The van der Waals surface area contributed by atoms with Crippen molar-refractivity contribution < 1.29 is 4.79 Å². The molecule has 0 bridgehead atoms. The average Bonchev–Trinajstić information content (AvgIpc) is 2.84. The molecule has 0 unspecified atom stereocenters. The van der Waals surface area contributed by atoms with Crippen LogP contribution in [-0.2, 0) is 0 Å². The Balaban J connectivity index is 1.67. The summed E-state index contributed by atoms with van der Waals surface area (Å²) in [7, 11) is 0. The molecule has 1 aliphatic heterocycles. The van der Waals surface area contributed by atoms with Crippen LogP contribution < -0.4 is 0 Å². The van der Waals surface area contributed by atoms with E-state index in [9.17, 15) is 4.79 Å². The largest absolute Gasteiger partial charge is 0.289 e. The number of hydrogen-bond acceptors (Lipinski definition) is 2. The summed E-state index contributed by atoms with van der Waals surface area (Å²) < 4.78 is 0. The van der Waals surface area contributed by atoms with Gasteiger partial charge in [0.15, 0.2) is 0 Å². The molecule has 31 heavy (non-hydrogen) atoms. The lowest BCUT2D eigenvalue weighted by atomic mass is 9.87. The van der Waals surface area contributed by atoms with Crippen molar-refractivity contribution in [2.45, 2.75) is 76.3 Å². The van der Waals surface area contributed by atoms with E-state index in [1.165, 1.54) is 38.5 Å². The lowest BCUT2D eigenvalue weighted by Gasteiger charge is -2.40. The molecule has 0 spiro atoms. The van der Waals surface area contributed by atoms with E-state index in [1.807, 2.05) is 24.3 Å². The van der Waals surface area contributed by atoms with Crippen molar-refractivity contribution in [3.8, 4) is 0 Å². The van der Waals surface area contributed by atoms with Crippen LogP contribution in [0.25, 0.3) is 11.6 Å². The highest BCUT2D eigenvalue weighted by atomic mass is 16.2. The quantitative estimate of drug-likeness (QED) is 0.549. The van der Waals surface area contributed by atoms with Crippen LogP contribution in [0.1, 0.15) is 85.7 Å². The first-order chi connectivity index (χ1) is 15.3. The predicted octanol–water partition coefficient (Wildman–Crippen LogP) is 6.75. The number of aliphatic imine (C=N–C) groups is 1. The van der Waals surface area contributed by atoms with Crippen molar-refractivity contribution in [1.82, 2.24) is 4.90 Å². The first-order valence-electron chi connectivity index (χ1n) is 12.1. The summed E-state index contributed by atoms with van der Waals surface area (Å²) in [6.45, 7) is 0. The fourth-order valence-corrected chi connectivity index (χ4v) is 5.43. The molecule has 2 aromatic carbocycles. The smallest absolute Gasteiger partial charge is 0.260 e. The molecule has 3 aliphatic rings. The summed E-state index contributed by atoms with van der Waals surface area (Å²) in [5.74, 6) is 1.06. The SMILES string of the molecule is O=C1c2ccccc2/C(=C\c2ccccc2)C(=NC2CCCCC2)N1C1CCCCC1. The summed E-state index contributed by atoms with van der Waals surface area (Å²) >= 11 is 0. The third-order valence-electron chi connectivity index (χ3n) is 7.07. The Labute approximate surface area is 185 Å². The summed E-state index contributed by atoms with van der Waals surface area (Å²) in [5.41, 5.74) is 4.11. The number of nitrogens with zero attached hydrogens (tertiary/aromatic N) is 2. The van der Waals surface area contributed by atoms with E-state index in [-0.39, 0.29) is 11.9 Å². The van der Waals surface area contributed by atoms with Crippen LogP contribution in [0, 0.1) is 0 Å². The maximum Gasteiger partial charge on any atom is 0.260 e. The van der Waals surface area contributed by atoms with Crippen molar-refractivity contribution in [3.05, 3.63) is 71.3 Å². The Bertz CT molecular complexity index is 979. The van der Waals surface area contributed by atoms with Gasteiger partial charge in [-0.1, -0.05) is 87.1 Å². The van der Waals surface area contributed by atoms with Crippen LogP contribution >= 0.6 is 0 Å². The second-order valence-electron chi connectivity index (χ2n) is 9.23. The lowest BCUT2D eigenvalue weighted by Crippen LogP contribution is -2.49. The van der Waals surface area contributed by atoms with Gasteiger partial charge in [0.05, 0.1) is 6.04 Å². The van der Waals surface area contributed by atoms with Gasteiger partial charge in [-0.15, -0.1) is 0 Å². The van der Waals surface area contributed by atoms with Crippen LogP contribution in [-0.4, -0.2) is 28.7 Å². The minimum Gasteiger partial charge on any atom is -0.289 e. The summed E-state index contributed by atoms with van der Waals surface area (Å²) in [4.78, 5) is 21.2. The molecule has 1 heterocycles. The van der Waals surface area contributed by atoms with E-state index in [0.717, 1.165) is 53.8 Å². The van der Waals surface area contributed by atoms with Crippen molar-refractivity contribution in [1.29, 1.82) is 0 Å². The fraction of sp³-hybridized carbons (Fsp3) is 0.429.